The van der Waals surface area contributed by atoms with Crippen molar-refractivity contribution in [2.24, 2.45) is 0 Å². The first kappa shape index (κ1) is 18.8. The second-order valence-corrected chi connectivity index (χ2v) is 6.71. The van der Waals surface area contributed by atoms with Crippen molar-refractivity contribution < 1.29 is 17.9 Å². The van der Waals surface area contributed by atoms with Crippen LogP contribution < -0.4 is 9.46 Å². The Bertz CT molecular complexity index is 910. The van der Waals surface area contributed by atoms with E-state index >= 15 is 0 Å². The average molecular weight is 381 g/mol. The minimum atomic E-state index is -2.98. The Morgan fingerprint density at radius 1 is 0.778 bits per heavy atom. The van der Waals surface area contributed by atoms with Crippen LogP contribution in [0.2, 0.25) is 0 Å². The van der Waals surface area contributed by atoms with Crippen molar-refractivity contribution in [3.05, 3.63) is 102 Å². The third-order valence-corrected chi connectivity index (χ3v) is 4.76. The summed E-state index contributed by atoms with van der Waals surface area (Å²) in [5.41, 5.74) is 0.0460. The van der Waals surface area contributed by atoms with Gasteiger partial charge in [-0.05, 0) is 23.3 Å². The summed E-state index contributed by atoms with van der Waals surface area (Å²) in [6.07, 6.45) is -0.195. The van der Waals surface area contributed by atoms with Crippen LogP contribution in [0.15, 0.2) is 91.0 Å². The number of carbonyl (C=O) groups excluding carboxylic acids is 1. The minimum Gasteiger partial charge on any atom is -0.426 e. The van der Waals surface area contributed by atoms with Crippen molar-refractivity contribution in [3.8, 4) is 5.75 Å². The van der Waals surface area contributed by atoms with E-state index in [1.165, 1.54) is 0 Å². The van der Waals surface area contributed by atoms with E-state index in [1.807, 2.05) is 18.2 Å². The smallest absolute Gasteiger partial charge is 0.313 e. The molecular weight excluding hydrogens is 362 g/mol. The van der Waals surface area contributed by atoms with Crippen LogP contribution in [-0.4, -0.2) is 14.4 Å². The van der Waals surface area contributed by atoms with Gasteiger partial charge in [0.2, 0.25) is 10.9 Å². The van der Waals surface area contributed by atoms with Crippen LogP contribution in [0.4, 0.5) is 0 Å². The third kappa shape index (κ3) is 4.61. The number of thiol groups is 1. The molecule has 138 valence electrons. The predicted octanol–water partition coefficient (Wildman–Crippen LogP) is 3.04. The topological polar surface area (TPSA) is 72.5 Å². The Labute approximate surface area is 159 Å². The number of ether oxygens (including phenoxy) is 1. The van der Waals surface area contributed by atoms with Gasteiger partial charge in [0.25, 0.3) is 0 Å². The monoisotopic (exact) mass is 381 g/mol. The molecule has 5 nitrogen and oxygen atoms in total. The highest BCUT2D eigenvalue weighted by molar-refractivity contribution is 7.70. The predicted molar refractivity (Wildman–Crippen MR) is 104 cm³/mol. The molecule has 0 heterocycles. The fourth-order valence-electron chi connectivity index (χ4n) is 3.01. The zero-order chi connectivity index (χ0) is 19.1. The van der Waals surface area contributed by atoms with Gasteiger partial charge in [-0.2, -0.15) is 0 Å². The molecule has 3 aromatic carbocycles. The molecule has 0 amide bonds. The van der Waals surface area contributed by atoms with Gasteiger partial charge in [0.15, 0.2) is 0 Å². The molecule has 0 aliphatic heterocycles. The second kappa shape index (κ2) is 8.62. The number of hydrogen-bond donors (Lipinski definition) is 2. The lowest BCUT2D eigenvalue weighted by Crippen LogP contribution is -2.45. The summed E-state index contributed by atoms with van der Waals surface area (Å²) < 4.78 is 31.4. The molecule has 0 unspecified atom stereocenters. The first-order chi connectivity index (χ1) is 13.1. The summed E-state index contributed by atoms with van der Waals surface area (Å²) in [7, 11) is -2.98. The van der Waals surface area contributed by atoms with Gasteiger partial charge in [-0.15, -0.1) is 0 Å². The van der Waals surface area contributed by atoms with Gasteiger partial charge in [0, 0.05) is 0 Å². The van der Waals surface area contributed by atoms with Gasteiger partial charge >= 0.3 is 5.97 Å². The molecule has 0 fully saturated rings. The van der Waals surface area contributed by atoms with Gasteiger partial charge < -0.3 is 4.74 Å². The van der Waals surface area contributed by atoms with Gasteiger partial charge in [0.1, 0.15) is 5.75 Å². The van der Waals surface area contributed by atoms with E-state index in [9.17, 15) is 13.2 Å². The number of esters is 1. The minimum absolute atomic E-state index is 0.195. The Morgan fingerprint density at radius 2 is 1.22 bits per heavy atom. The van der Waals surface area contributed by atoms with Crippen molar-refractivity contribution >= 4 is 16.9 Å². The summed E-state index contributed by atoms with van der Waals surface area (Å²) in [5.74, 6) is -0.137. The van der Waals surface area contributed by atoms with E-state index in [0.717, 1.165) is 0 Å². The van der Waals surface area contributed by atoms with E-state index < -0.39 is 22.4 Å². The summed E-state index contributed by atoms with van der Waals surface area (Å²) in [5, 5.41) is 0. The Kier molecular flexibility index (Phi) is 6.01. The largest absolute Gasteiger partial charge is 0.426 e. The summed E-state index contributed by atoms with van der Waals surface area (Å²) in [4.78, 5) is 12.7. The second-order valence-electron chi connectivity index (χ2n) is 5.97. The molecule has 0 bridgehead atoms. The third-order valence-electron chi connectivity index (χ3n) is 4.20. The molecule has 0 radical (unpaired) electrons. The van der Waals surface area contributed by atoms with Gasteiger partial charge in [0.05, 0.1) is 12.0 Å². The van der Waals surface area contributed by atoms with Crippen LogP contribution in [0.1, 0.15) is 17.5 Å². The standard InChI is InChI=1S/C21H19NO4S/c23-20(26-19-14-8-3-9-15-19)16-21(22-27(24)25,17-10-4-1-5-11-17)18-12-6-2-7-13-18/h1-15,27H,16H2,(H,22,24,25). The van der Waals surface area contributed by atoms with Crippen molar-refractivity contribution in [1.82, 2.24) is 4.72 Å². The fraction of sp³-hybridized carbons (Fsp3) is 0.0952. The first-order valence-corrected chi connectivity index (χ1v) is 9.57. The Morgan fingerprint density at radius 3 is 1.67 bits per heavy atom. The van der Waals surface area contributed by atoms with Gasteiger partial charge in [-0.1, -0.05) is 78.9 Å². The molecular formula is C21H19NO4S. The normalized spacial score (nSPS) is 11.3. The van der Waals surface area contributed by atoms with E-state index in [4.69, 9.17) is 4.74 Å². The maximum absolute atomic E-state index is 12.7. The molecule has 0 aliphatic carbocycles. The van der Waals surface area contributed by atoms with Gasteiger partial charge in [-0.3, -0.25) is 4.79 Å². The summed E-state index contributed by atoms with van der Waals surface area (Å²) in [6, 6.07) is 26.7. The van der Waals surface area contributed by atoms with E-state index in [0.29, 0.717) is 16.9 Å². The molecule has 6 heteroatoms. The van der Waals surface area contributed by atoms with Crippen molar-refractivity contribution in [2.45, 2.75) is 12.0 Å². The number of hydrogen-bond acceptors (Lipinski definition) is 4. The molecule has 3 rings (SSSR count). The van der Waals surface area contributed by atoms with Crippen LogP contribution in [0, 0.1) is 0 Å². The SMILES string of the molecule is O=C(CC(N[SH](=O)=O)(c1ccccc1)c1ccccc1)Oc1ccccc1. The lowest BCUT2D eigenvalue weighted by Gasteiger charge is -2.33. The highest BCUT2D eigenvalue weighted by Gasteiger charge is 2.38. The number of rotatable bonds is 7. The molecule has 0 saturated carbocycles. The molecule has 1 N–H and O–H groups in total. The number of para-hydroxylation sites is 1. The zero-order valence-corrected chi connectivity index (χ0v) is 15.3. The van der Waals surface area contributed by atoms with E-state index in [-0.39, 0.29) is 6.42 Å². The maximum atomic E-state index is 12.7. The molecule has 0 aliphatic rings. The van der Waals surface area contributed by atoms with Crippen LogP contribution >= 0.6 is 0 Å². The van der Waals surface area contributed by atoms with Crippen LogP contribution in [-0.2, 0) is 21.2 Å². The van der Waals surface area contributed by atoms with Crippen molar-refractivity contribution in [2.75, 3.05) is 0 Å². The van der Waals surface area contributed by atoms with Crippen molar-refractivity contribution in [1.29, 1.82) is 0 Å². The summed E-state index contributed by atoms with van der Waals surface area (Å²) >= 11 is 0. The maximum Gasteiger partial charge on any atom is 0.313 e. The number of carbonyl (C=O) groups is 1. The Balaban J connectivity index is 2.04. The highest BCUT2D eigenvalue weighted by Crippen LogP contribution is 2.33. The van der Waals surface area contributed by atoms with Crippen LogP contribution in [0.5, 0.6) is 5.75 Å². The molecule has 0 spiro atoms. The van der Waals surface area contributed by atoms with E-state index in [2.05, 4.69) is 4.72 Å². The first-order valence-electron chi connectivity index (χ1n) is 8.39. The lowest BCUT2D eigenvalue weighted by molar-refractivity contribution is -0.135. The van der Waals surface area contributed by atoms with Gasteiger partial charge in [-0.25, -0.2) is 13.1 Å². The zero-order valence-electron chi connectivity index (χ0n) is 14.4. The van der Waals surface area contributed by atoms with Crippen molar-refractivity contribution in [3.63, 3.8) is 0 Å². The number of benzene rings is 3. The highest BCUT2D eigenvalue weighted by atomic mass is 32.2. The Hall–Kier alpha value is -2.96. The summed E-state index contributed by atoms with van der Waals surface area (Å²) in [6.45, 7) is 0. The number of nitrogens with one attached hydrogen (secondary N) is 1. The lowest BCUT2D eigenvalue weighted by atomic mass is 9.81. The molecule has 0 saturated heterocycles. The van der Waals surface area contributed by atoms with Crippen LogP contribution in [0.25, 0.3) is 0 Å². The quantitative estimate of drug-likeness (QED) is 0.375. The molecule has 3 aromatic rings. The van der Waals surface area contributed by atoms with E-state index in [1.54, 1.807) is 72.8 Å². The van der Waals surface area contributed by atoms with Crippen LogP contribution in [0.3, 0.4) is 0 Å². The average Bonchev–Trinajstić information content (AvgIpc) is 2.69. The molecule has 27 heavy (non-hydrogen) atoms. The molecule has 0 aromatic heterocycles. The fourth-order valence-corrected chi connectivity index (χ4v) is 3.66. The molecule has 0 atom stereocenters.